The Morgan fingerprint density at radius 2 is 1.54 bits per heavy atom. The number of methoxy groups -OCH3 is 2. The lowest BCUT2D eigenvalue weighted by molar-refractivity contribution is 0.355. The summed E-state index contributed by atoms with van der Waals surface area (Å²) < 4.78 is 10.9. The highest BCUT2D eigenvalue weighted by Gasteiger charge is 2.15. The molecule has 1 heterocycles. The van der Waals surface area contributed by atoms with E-state index in [0.717, 1.165) is 16.8 Å². The van der Waals surface area contributed by atoms with Crippen LogP contribution in [0.15, 0.2) is 54.6 Å². The SMILES string of the molecule is COc1ccc(-c2nc3ccccc3c3cc(C)cc(C)c23)cc1OC. The molecule has 0 saturated heterocycles. The second kappa shape index (κ2) is 6.34. The number of ether oxygens (including phenoxy) is 2. The Morgan fingerprint density at radius 1 is 0.769 bits per heavy atom. The number of aryl methyl sites for hydroxylation is 2. The van der Waals surface area contributed by atoms with Gasteiger partial charge in [-0.3, -0.25) is 0 Å². The van der Waals surface area contributed by atoms with Gasteiger partial charge in [-0.1, -0.05) is 35.9 Å². The first-order chi connectivity index (χ1) is 12.6. The molecule has 0 spiro atoms. The van der Waals surface area contributed by atoms with Crippen molar-refractivity contribution in [3.8, 4) is 22.8 Å². The van der Waals surface area contributed by atoms with Gasteiger partial charge >= 0.3 is 0 Å². The zero-order valence-corrected chi connectivity index (χ0v) is 15.5. The van der Waals surface area contributed by atoms with Crippen molar-refractivity contribution in [2.45, 2.75) is 13.8 Å². The first kappa shape index (κ1) is 16.4. The summed E-state index contributed by atoms with van der Waals surface area (Å²) in [7, 11) is 3.30. The number of benzene rings is 3. The molecule has 1 aromatic heterocycles. The van der Waals surface area contributed by atoms with Crippen LogP contribution in [0.4, 0.5) is 0 Å². The van der Waals surface area contributed by atoms with Crippen molar-refractivity contribution >= 4 is 21.7 Å². The monoisotopic (exact) mass is 343 g/mol. The van der Waals surface area contributed by atoms with E-state index >= 15 is 0 Å². The van der Waals surface area contributed by atoms with Crippen molar-refractivity contribution in [2.75, 3.05) is 14.2 Å². The number of hydrogen-bond donors (Lipinski definition) is 0. The largest absolute Gasteiger partial charge is 0.493 e. The van der Waals surface area contributed by atoms with Gasteiger partial charge in [0, 0.05) is 16.3 Å². The van der Waals surface area contributed by atoms with Crippen LogP contribution in [-0.4, -0.2) is 19.2 Å². The third-order valence-corrected chi connectivity index (χ3v) is 4.80. The molecule has 4 rings (SSSR count). The van der Waals surface area contributed by atoms with E-state index in [4.69, 9.17) is 14.5 Å². The quantitative estimate of drug-likeness (QED) is 0.448. The average molecular weight is 343 g/mol. The summed E-state index contributed by atoms with van der Waals surface area (Å²) in [5.41, 5.74) is 5.46. The lowest BCUT2D eigenvalue weighted by Crippen LogP contribution is -1.95. The molecule has 3 aromatic carbocycles. The summed E-state index contributed by atoms with van der Waals surface area (Å²) in [6.45, 7) is 4.29. The average Bonchev–Trinajstić information content (AvgIpc) is 2.66. The van der Waals surface area contributed by atoms with Gasteiger partial charge in [-0.25, -0.2) is 4.98 Å². The highest BCUT2D eigenvalue weighted by Crippen LogP contribution is 2.38. The predicted molar refractivity (Wildman–Crippen MR) is 107 cm³/mol. The Hall–Kier alpha value is -3.07. The van der Waals surface area contributed by atoms with Gasteiger partial charge in [0.1, 0.15) is 0 Å². The lowest BCUT2D eigenvalue weighted by Gasteiger charge is -2.15. The van der Waals surface area contributed by atoms with Gasteiger partial charge in [-0.15, -0.1) is 0 Å². The number of hydrogen-bond acceptors (Lipinski definition) is 3. The maximum Gasteiger partial charge on any atom is 0.161 e. The summed E-state index contributed by atoms with van der Waals surface area (Å²) in [5.74, 6) is 1.42. The molecule has 0 unspecified atom stereocenters. The van der Waals surface area contributed by atoms with Gasteiger partial charge in [-0.05, 0) is 49.1 Å². The summed E-state index contributed by atoms with van der Waals surface area (Å²) in [6, 6.07) is 18.7. The van der Waals surface area contributed by atoms with Crippen LogP contribution in [0.25, 0.3) is 32.9 Å². The van der Waals surface area contributed by atoms with Crippen molar-refractivity contribution in [1.82, 2.24) is 4.98 Å². The van der Waals surface area contributed by atoms with Crippen LogP contribution in [0, 0.1) is 13.8 Å². The molecule has 3 nitrogen and oxygen atoms in total. The molecule has 0 radical (unpaired) electrons. The van der Waals surface area contributed by atoms with Crippen molar-refractivity contribution in [1.29, 1.82) is 0 Å². The van der Waals surface area contributed by atoms with Gasteiger partial charge in [-0.2, -0.15) is 0 Å². The summed E-state index contributed by atoms with van der Waals surface area (Å²) in [4.78, 5) is 5.00. The Kier molecular flexibility index (Phi) is 4.00. The van der Waals surface area contributed by atoms with Crippen molar-refractivity contribution in [3.63, 3.8) is 0 Å². The second-order valence-electron chi connectivity index (χ2n) is 6.55. The van der Waals surface area contributed by atoms with Gasteiger partial charge in [0.2, 0.25) is 0 Å². The molecule has 0 aliphatic rings. The molecular weight excluding hydrogens is 322 g/mol. The second-order valence-corrected chi connectivity index (χ2v) is 6.55. The van der Waals surface area contributed by atoms with E-state index in [9.17, 15) is 0 Å². The van der Waals surface area contributed by atoms with E-state index in [2.05, 4.69) is 44.2 Å². The van der Waals surface area contributed by atoms with Gasteiger partial charge in [0.25, 0.3) is 0 Å². The minimum atomic E-state index is 0.706. The minimum absolute atomic E-state index is 0.706. The Bertz CT molecular complexity index is 1130. The highest BCUT2D eigenvalue weighted by atomic mass is 16.5. The Balaban J connectivity index is 2.12. The molecule has 130 valence electrons. The van der Waals surface area contributed by atoms with Gasteiger partial charge < -0.3 is 9.47 Å². The van der Waals surface area contributed by atoms with Crippen LogP contribution in [-0.2, 0) is 0 Å². The molecular formula is C23H21NO2. The van der Waals surface area contributed by atoms with Crippen LogP contribution in [0.1, 0.15) is 11.1 Å². The van der Waals surface area contributed by atoms with Crippen LogP contribution >= 0.6 is 0 Å². The standard InChI is InChI=1S/C23H21NO2/c1-14-11-15(2)22-18(12-14)17-7-5-6-8-19(17)24-23(22)16-9-10-20(25-3)21(13-16)26-4/h5-13H,1-4H3. The molecule has 0 aliphatic carbocycles. The number of para-hydroxylation sites is 1. The van der Waals surface area contributed by atoms with E-state index in [-0.39, 0.29) is 0 Å². The molecule has 3 heteroatoms. The third kappa shape index (κ3) is 2.57. The number of fused-ring (bicyclic) bond motifs is 3. The normalized spacial score (nSPS) is 11.1. The van der Waals surface area contributed by atoms with Crippen molar-refractivity contribution in [2.24, 2.45) is 0 Å². The fourth-order valence-corrected chi connectivity index (χ4v) is 3.66. The maximum absolute atomic E-state index is 5.49. The van der Waals surface area contributed by atoms with E-state index < -0.39 is 0 Å². The molecule has 0 bridgehead atoms. The Morgan fingerprint density at radius 3 is 2.31 bits per heavy atom. The van der Waals surface area contributed by atoms with E-state index in [1.54, 1.807) is 14.2 Å². The van der Waals surface area contributed by atoms with E-state index in [1.165, 1.54) is 27.3 Å². The van der Waals surface area contributed by atoms with Crippen LogP contribution in [0.3, 0.4) is 0 Å². The molecule has 0 saturated carbocycles. The smallest absolute Gasteiger partial charge is 0.161 e. The van der Waals surface area contributed by atoms with Crippen LogP contribution < -0.4 is 9.47 Å². The third-order valence-electron chi connectivity index (χ3n) is 4.80. The van der Waals surface area contributed by atoms with Gasteiger partial charge in [0.05, 0.1) is 25.4 Å². The number of aromatic nitrogens is 1. The molecule has 0 N–H and O–H groups in total. The van der Waals surface area contributed by atoms with Crippen molar-refractivity contribution < 1.29 is 9.47 Å². The molecule has 0 fully saturated rings. The number of rotatable bonds is 3. The summed E-state index contributed by atoms with van der Waals surface area (Å²) in [6.07, 6.45) is 0. The van der Waals surface area contributed by atoms with Crippen molar-refractivity contribution in [3.05, 3.63) is 65.7 Å². The lowest BCUT2D eigenvalue weighted by atomic mass is 9.95. The maximum atomic E-state index is 5.49. The van der Waals surface area contributed by atoms with E-state index in [0.29, 0.717) is 11.5 Å². The van der Waals surface area contributed by atoms with Gasteiger partial charge in [0.15, 0.2) is 11.5 Å². The van der Waals surface area contributed by atoms with Crippen LogP contribution in [0.2, 0.25) is 0 Å². The van der Waals surface area contributed by atoms with E-state index in [1.807, 2.05) is 24.3 Å². The first-order valence-electron chi connectivity index (χ1n) is 8.64. The fourth-order valence-electron chi connectivity index (χ4n) is 3.66. The minimum Gasteiger partial charge on any atom is -0.493 e. The fraction of sp³-hybridized carbons (Fsp3) is 0.174. The molecule has 0 aliphatic heterocycles. The molecule has 0 atom stereocenters. The topological polar surface area (TPSA) is 31.4 Å². The number of nitrogens with zero attached hydrogens (tertiary/aromatic N) is 1. The van der Waals surface area contributed by atoms with Crippen LogP contribution in [0.5, 0.6) is 11.5 Å². The first-order valence-corrected chi connectivity index (χ1v) is 8.64. The highest BCUT2D eigenvalue weighted by molar-refractivity contribution is 6.12. The molecule has 4 aromatic rings. The number of pyridine rings is 1. The summed E-state index contributed by atoms with van der Waals surface area (Å²) >= 11 is 0. The zero-order chi connectivity index (χ0) is 18.3. The summed E-state index contributed by atoms with van der Waals surface area (Å²) in [5, 5.41) is 3.60. The predicted octanol–water partition coefficient (Wildman–Crippen LogP) is 5.69. The molecule has 26 heavy (non-hydrogen) atoms. The Labute approximate surface area is 153 Å². The molecule has 0 amide bonds. The zero-order valence-electron chi connectivity index (χ0n) is 15.5.